The molecule has 1 amide bonds. The minimum Gasteiger partial charge on any atom is -0.358 e. The molecule has 1 atom stereocenters. The van der Waals surface area contributed by atoms with Crippen LogP contribution in [0, 0.1) is 18.3 Å². The summed E-state index contributed by atoms with van der Waals surface area (Å²) in [6, 6.07) is 12.4. The highest BCUT2D eigenvalue weighted by Crippen LogP contribution is 2.29. The van der Waals surface area contributed by atoms with Crippen LogP contribution in [0.15, 0.2) is 47.5 Å². The van der Waals surface area contributed by atoms with E-state index in [-0.39, 0.29) is 5.91 Å². The van der Waals surface area contributed by atoms with Crippen molar-refractivity contribution < 1.29 is 13.8 Å². The molecule has 0 bridgehead atoms. The van der Waals surface area contributed by atoms with Crippen LogP contribution in [0.5, 0.6) is 0 Å². The van der Waals surface area contributed by atoms with E-state index in [0.717, 1.165) is 30.1 Å². The summed E-state index contributed by atoms with van der Waals surface area (Å²) in [5.41, 5.74) is 3.22. The largest absolute Gasteiger partial charge is 0.358 e. The number of nitrogens with zero attached hydrogens (tertiary/aromatic N) is 1. The van der Waals surface area contributed by atoms with Gasteiger partial charge in [-0.05, 0) is 49.6 Å². The Balaban J connectivity index is 1.73. The van der Waals surface area contributed by atoms with Gasteiger partial charge in [0.05, 0.1) is 21.7 Å². The van der Waals surface area contributed by atoms with Crippen molar-refractivity contribution in [1.82, 2.24) is 10.3 Å². The fraction of sp³-hybridized carbons (Fsp3) is 0.227. The Bertz CT molecular complexity index is 1150. The number of anilines is 1. The van der Waals surface area contributed by atoms with E-state index in [4.69, 9.17) is 0 Å². The molecular formula is C22H22N4O3S. The number of rotatable bonds is 9. The average Bonchev–Trinajstić information content (AvgIpc) is 3.21. The third-order valence-corrected chi connectivity index (χ3v) is 5.80. The molecule has 0 fully saturated rings. The molecule has 1 unspecified atom stereocenters. The Morgan fingerprint density at radius 3 is 2.87 bits per heavy atom. The first-order chi connectivity index (χ1) is 14.5. The summed E-state index contributed by atoms with van der Waals surface area (Å²) >= 11 is 0. The van der Waals surface area contributed by atoms with Gasteiger partial charge in [0.1, 0.15) is 23.3 Å². The monoisotopic (exact) mass is 422 g/mol. The number of hydrogen-bond donors (Lipinski definition) is 3. The standard InChI is InChI=1S/C22H22N4O3S/c1-15-8-9-19(21-20(15)17(13-23)14-25-21)26-30(29)18-7-5-6-16(12-18)22(28)24-10-3-2-4-11-27/h5-9,11-12,14,25-26H,2-4,10H2,1H3,(H,24,28). The molecule has 0 aliphatic carbocycles. The maximum atomic E-state index is 12.9. The van der Waals surface area contributed by atoms with Gasteiger partial charge in [0.15, 0.2) is 0 Å². The number of carbonyl (C=O) groups is 2. The summed E-state index contributed by atoms with van der Waals surface area (Å²) < 4.78 is 15.8. The molecule has 3 rings (SSSR count). The molecule has 0 aliphatic heterocycles. The zero-order chi connectivity index (χ0) is 21.5. The number of nitrogens with one attached hydrogen (secondary N) is 3. The summed E-state index contributed by atoms with van der Waals surface area (Å²) in [4.78, 5) is 26.2. The Morgan fingerprint density at radius 2 is 2.10 bits per heavy atom. The lowest BCUT2D eigenvalue weighted by Crippen LogP contribution is -2.24. The zero-order valence-electron chi connectivity index (χ0n) is 16.5. The van der Waals surface area contributed by atoms with Crippen LogP contribution in [-0.2, 0) is 15.8 Å². The molecule has 154 valence electrons. The molecule has 3 N–H and O–H groups in total. The fourth-order valence-corrected chi connectivity index (χ4v) is 4.09. The number of carbonyl (C=O) groups excluding carboxylic acids is 2. The third-order valence-electron chi connectivity index (χ3n) is 4.71. The quantitative estimate of drug-likeness (QED) is 0.361. The number of aromatic amines is 1. The first-order valence-corrected chi connectivity index (χ1v) is 10.7. The van der Waals surface area contributed by atoms with Gasteiger partial charge in [-0.25, -0.2) is 4.21 Å². The molecular weight excluding hydrogens is 400 g/mol. The third kappa shape index (κ3) is 4.75. The lowest BCUT2D eigenvalue weighted by atomic mass is 10.1. The van der Waals surface area contributed by atoms with Crippen molar-refractivity contribution in [3.05, 3.63) is 59.3 Å². The van der Waals surface area contributed by atoms with E-state index in [2.05, 4.69) is 21.1 Å². The normalized spacial score (nSPS) is 11.6. The number of H-pyrrole nitrogens is 1. The number of benzene rings is 2. The molecule has 0 saturated carbocycles. The van der Waals surface area contributed by atoms with Crippen molar-refractivity contribution in [2.75, 3.05) is 11.3 Å². The van der Waals surface area contributed by atoms with E-state index in [1.54, 1.807) is 30.5 Å². The topological polar surface area (TPSA) is 115 Å². The van der Waals surface area contributed by atoms with E-state index < -0.39 is 11.0 Å². The van der Waals surface area contributed by atoms with E-state index in [9.17, 15) is 19.1 Å². The smallest absolute Gasteiger partial charge is 0.251 e. The van der Waals surface area contributed by atoms with E-state index in [1.807, 2.05) is 19.1 Å². The molecule has 3 aromatic rings. The second kappa shape index (κ2) is 9.85. The molecule has 0 aliphatic rings. The van der Waals surface area contributed by atoms with Gasteiger partial charge in [0, 0.05) is 30.1 Å². The minimum absolute atomic E-state index is 0.249. The predicted molar refractivity (Wildman–Crippen MR) is 116 cm³/mol. The van der Waals surface area contributed by atoms with Gasteiger partial charge in [-0.3, -0.25) is 9.52 Å². The Kier molecular flexibility index (Phi) is 6.99. The number of aryl methyl sites for hydroxylation is 1. The van der Waals surface area contributed by atoms with Gasteiger partial charge >= 0.3 is 0 Å². The lowest BCUT2D eigenvalue weighted by Gasteiger charge is -2.10. The highest BCUT2D eigenvalue weighted by atomic mass is 32.2. The highest BCUT2D eigenvalue weighted by molar-refractivity contribution is 7.86. The summed E-state index contributed by atoms with van der Waals surface area (Å²) in [5, 5.41) is 12.9. The number of amides is 1. The highest BCUT2D eigenvalue weighted by Gasteiger charge is 2.14. The SMILES string of the molecule is Cc1ccc(NS(=O)c2cccc(C(=O)NCCCCC=O)c2)c2[nH]cc(C#N)c12. The Hall–Kier alpha value is -3.44. The molecule has 1 heterocycles. The van der Waals surface area contributed by atoms with Gasteiger partial charge in [-0.2, -0.15) is 5.26 Å². The maximum Gasteiger partial charge on any atom is 0.251 e. The second-order valence-electron chi connectivity index (χ2n) is 6.81. The van der Waals surface area contributed by atoms with Crippen LogP contribution in [0.4, 0.5) is 5.69 Å². The van der Waals surface area contributed by atoms with E-state index >= 15 is 0 Å². The van der Waals surface area contributed by atoms with Crippen LogP contribution in [0.1, 0.15) is 40.7 Å². The van der Waals surface area contributed by atoms with Crippen molar-refractivity contribution in [3.8, 4) is 6.07 Å². The molecule has 0 saturated heterocycles. The molecule has 30 heavy (non-hydrogen) atoms. The number of aldehydes is 1. The van der Waals surface area contributed by atoms with Crippen molar-refractivity contribution in [1.29, 1.82) is 5.26 Å². The van der Waals surface area contributed by atoms with E-state index in [1.165, 1.54) is 0 Å². The number of unbranched alkanes of at least 4 members (excludes halogenated alkanes) is 2. The van der Waals surface area contributed by atoms with Gasteiger partial charge in [0.2, 0.25) is 0 Å². The van der Waals surface area contributed by atoms with Crippen molar-refractivity contribution >= 4 is 39.8 Å². The fourth-order valence-electron chi connectivity index (χ4n) is 3.16. The van der Waals surface area contributed by atoms with Crippen LogP contribution in [0.3, 0.4) is 0 Å². The van der Waals surface area contributed by atoms with Gasteiger partial charge in [-0.1, -0.05) is 12.1 Å². The summed E-state index contributed by atoms with van der Waals surface area (Å²) in [6.07, 6.45) is 4.44. The second-order valence-corrected chi connectivity index (χ2v) is 8.02. The van der Waals surface area contributed by atoms with Crippen LogP contribution in [-0.4, -0.2) is 27.9 Å². The van der Waals surface area contributed by atoms with Crippen molar-refractivity contribution in [2.24, 2.45) is 0 Å². The number of aromatic nitrogens is 1. The van der Waals surface area contributed by atoms with Crippen molar-refractivity contribution in [2.45, 2.75) is 31.1 Å². The first-order valence-electron chi connectivity index (χ1n) is 9.56. The Morgan fingerprint density at radius 1 is 1.27 bits per heavy atom. The molecule has 0 radical (unpaired) electrons. The van der Waals surface area contributed by atoms with Crippen LogP contribution < -0.4 is 10.0 Å². The minimum atomic E-state index is -1.60. The van der Waals surface area contributed by atoms with Crippen molar-refractivity contribution in [3.63, 3.8) is 0 Å². The molecule has 7 nitrogen and oxygen atoms in total. The molecule has 8 heteroatoms. The van der Waals surface area contributed by atoms with E-state index in [0.29, 0.717) is 40.2 Å². The number of nitriles is 1. The predicted octanol–water partition coefficient (Wildman–Crippen LogP) is 3.58. The molecule has 0 spiro atoms. The maximum absolute atomic E-state index is 12.9. The van der Waals surface area contributed by atoms with Crippen LogP contribution >= 0.6 is 0 Å². The van der Waals surface area contributed by atoms with Crippen LogP contribution in [0.25, 0.3) is 10.9 Å². The van der Waals surface area contributed by atoms with Crippen LogP contribution in [0.2, 0.25) is 0 Å². The summed E-state index contributed by atoms with van der Waals surface area (Å²) in [5.74, 6) is -0.249. The lowest BCUT2D eigenvalue weighted by molar-refractivity contribution is -0.107. The number of fused-ring (bicyclic) bond motifs is 1. The zero-order valence-corrected chi connectivity index (χ0v) is 17.3. The van der Waals surface area contributed by atoms with Gasteiger partial charge < -0.3 is 15.1 Å². The summed E-state index contributed by atoms with van der Waals surface area (Å²) in [6.45, 7) is 2.40. The molecule has 1 aromatic heterocycles. The average molecular weight is 423 g/mol. The number of hydrogen-bond acceptors (Lipinski definition) is 4. The molecule has 2 aromatic carbocycles. The van der Waals surface area contributed by atoms with Gasteiger partial charge in [0.25, 0.3) is 5.91 Å². The summed E-state index contributed by atoms with van der Waals surface area (Å²) in [7, 11) is -1.60. The Labute approximate surface area is 177 Å². The van der Waals surface area contributed by atoms with Gasteiger partial charge in [-0.15, -0.1) is 0 Å². The first kappa shape index (κ1) is 21.3.